The first-order valence-electron chi connectivity index (χ1n) is 7.72. The number of rotatable bonds is 5. The number of hydrogen-bond donors (Lipinski definition) is 0. The van der Waals surface area contributed by atoms with E-state index in [1.165, 1.54) is 43.1 Å². The molecule has 142 valence electrons. The lowest BCUT2D eigenvalue weighted by Gasteiger charge is -2.18. The van der Waals surface area contributed by atoms with Gasteiger partial charge in [0.05, 0.1) is 16.9 Å². The van der Waals surface area contributed by atoms with Gasteiger partial charge in [0.2, 0.25) is 5.91 Å². The Hall–Kier alpha value is -2.60. The molecule has 2 aromatic rings. The second-order valence-corrected chi connectivity index (χ2v) is 6.69. The number of hydrogen-bond acceptors (Lipinski definition) is 4. The average molecular weight is 397 g/mol. The first kappa shape index (κ1) is 20.7. The predicted molar refractivity (Wildman–Crippen MR) is 92.3 cm³/mol. The van der Waals surface area contributed by atoms with E-state index in [0.29, 0.717) is 5.56 Å². The number of halogens is 4. The number of nitrogens with zero attached hydrogens (tertiary/aromatic N) is 3. The summed E-state index contributed by atoms with van der Waals surface area (Å²) in [5, 5.41) is 8.96. The molecular weight excluding hydrogens is 382 g/mol. The fraction of sp³-hybridized carbons (Fsp3) is 0.278. The van der Waals surface area contributed by atoms with Gasteiger partial charge in [-0.25, -0.2) is 9.37 Å². The number of pyridine rings is 1. The van der Waals surface area contributed by atoms with Gasteiger partial charge in [-0.3, -0.25) is 4.79 Å². The van der Waals surface area contributed by atoms with Gasteiger partial charge in [0, 0.05) is 24.8 Å². The number of aryl methyl sites for hydroxylation is 1. The molecule has 0 spiro atoms. The SMILES string of the molecule is Cc1cc(C(F)(F)F)c(C#N)c(SCC(=O)N(C)Cc2ccccc2F)n1. The number of nitriles is 1. The van der Waals surface area contributed by atoms with Gasteiger partial charge in [0.25, 0.3) is 0 Å². The molecule has 1 aromatic carbocycles. The molecule has 9 heteroatoms. The Morgan fingerprint density at radius 1 is 1.33 bits per heavy atom. The molecule has 2 rings (SSSR count). The van der Waals surface area contributed by atoms with Gasteiger partial charge in [0.15, 0.2) is 0 Å². The highest BCUT2D eigenvalue weighted by molar-refractivity contribution is 8.00. The Morgan fingerprint density at radius 2 is 2.00 bits per heavy atom. The zero-order valence-electron chi connectivity index (χ0n) is 14.5. The van der Waals surface area contributed by atoms with Gasteiger partial charge in [0.1, 0.15) is 16.9 Å². The van der Waals surface area contributed by atoms with Crippen LogP contribution in [0.1, 0.15) is 22.4 Å². The monoisotopic (exact) mass is 397 g/mol. The molecule has 1 amide bonds. The number of benzene rings is 1. The van der Waals surface area contributed by atoms with Gasteiger partial charge in [-0.2, -0.15) is 18.4 Å². The highest BCUT2D eigenvalue weighted by Gasteiger charge is 2.35. The van der Waals surface area contributed by atoms with E-state index in [-0.39, 0.29) is 23.0 Å². The van der Waals surface area contributed by atoms with Crippen LogP contribution in [-0.2, 0) is 17.5 Å². The Labute approximate surface area is 157 Å². The van der Waals surface area contributed by atoms with E-state index in [9.17, 15) is 22.4 Å². The van der Waals surface area contributed by atoms with Gasteiger partial charge < -0.3 is 4.90 Å². The third-order valence-electron chi connectivity index (χ3n) is 3.65. The highest BCUT2D eigenvalue weighted by Crippen LogP contribution is 2.35. The van der Waals surface area contributed by atoms with Crippen molar-refractivity contribution in [3.63, 3.8) is 0 Å². The standard InChI is InChI=1S/C18H15F4N3OS/c1-11-7-14(18(20,21)22)13(8-23)17(24-11)27-10-16(26)25(2)9-12-5-3-4-6-15(12)19/h3-7H,9-10H2,1-2H3. The van der Waals surface area contributed by atoms with E-state index in [2.05, 4.69) is 4.98 Å². The van der Waals surface area contributed by atoms with Crippen molar-refractivity contribution in [3.8, 4) is 6.07 Å². The zero-order chi connectivity index (χ0) is 20.2. The molecular formula is C18H15F4N3OS. The molecule has 0 atom stereocenters. The van der Waals surface area contributed by atoms with Crippen LogP contribution in [0.25, 0.3) is 0 Å². The minimum Gasteiger partial charge on any atom is -0.341 e. The lowest BCUT2D eigenvalue weighted by molar-refractivity contribution is -0.138. The molecule has 0 aliphatic rings. The summed E-state index contributed by atoms with van der Waals surface area (Å²) in [6.45, 7) is 1.40. The van der Waals surface area contributed by atoms with Crippen LogP contribution < -0.4 is 0 Å². The summed E-state index contributed by atoms with van der Waals surface area (Å²) in [5.41, 5.74) is -1.27. The topological polar surface area (TPSA) is 57.0 Å². The number of carbonyl (C=O) groups excluding carboxylic acids is 1. The lowest BCUT2D eigenvalue weighted by Crippen LogP contribution is -2.28. The van der Waals surface area contributed by atoms with Crippen LogP contribution in [0.4, 0.5) is 17.6 Å². The maximum atomic E-state index is 13.7. The van der Waals surface area contributed by atoms with Crippen molar-refractivity contribution in [1.29, 1.82) is 5.26 Å². The summed E-state index contributed by atoms with van der Waals surface area (Å²) < 4.78 is 53.0. The van der Waals surface area contributed by atoms with E-state index in [4.69, 9.17) is 5.26 Å². The Bertz CT molecular complexity index is 893. The summed E-state index contributed by atoms with van der Waals surface area (Å²) in [7, 11) is 1.46. The van der Waals surface area contributed by atoms with Crippen molar-refractivity contribution in [2.24, 2.45) is 0 Å². The van der Waals surface area contributed by atoms with Crippen LogP contribution in [-0.4, -0.2) is 28.6 Å². The normalized spacial score (nSPS) is 11.1. The Balaban J connectivity index is 2.14. The Kier molecular flexibility index (Phi) is 6.44. The van der Waals surface area contributed by atoms with E-state index in [1.807, 2.05) is 0 Å². The lowest BCUT2D eigenvalue weighted by atomic mass is 10.1. The average Bonchev–Trinajstić information content (AvgIpc) is 2.60. The molecule has 0 fully saturated rings. The first-order valence-corrected chi connectivity index (χ1v) is 8.71. The molecule has 27 heavy (non-hydrogen) atoms. The van der Waals surface area contributed by atoms with Crippen LogP contribution in [0.3, 0.4) is 0 Å². The minimum atomic E-state index is -4.69. The smallest absolute Gasteiger partial charge is 0.341 e. The molecule has 0 unspecified atom stereocenters. The van der Waals surface area contributed by atoms with E-state index >= 15 is 0 Å². The molecule has 4 nitrogen and oxygen atoms in total. The number of carbonyl (C=O) groups is 1. The summed E-state index contributed by atoms with van der Waals surface area (Å²) in [5.74, 6) is -1.11. The third-order valence-corrected chi connectivity index (χ3v) is 4.62. The molecule has 1 aromatic heterocycles. The number of aromatic nitrogens is 1. The molecule has 0 radical (unpaired) electrons. The molecule has 0 N–H and O–H groups in total. The van der Waals surface area contributed by atoms with Gasteiger partial charge in [-0.05, 0) is 19.1 Å². The quantitative estimate of drug-likeness (QED) is 0.561. The third kappa shape index (κ3) is 5.20. The predicted octanol–water partition coefficient (Wildman–Crippen LogP) is 4.17. The zero-order valence-corrected chi connectivity index (χ0v) is 15.3. The van der Waals surface area contributed by atoms with E-state index < -0.39 is 29.0 Å². The molecule has 0 aliphatic heterocycles. The summed E-state index contributed by atoms with van der Waals surface area (Å²) in [6, 6.07) is 8.30. The fourth-order valence-corrected chi connectivity index (χ4v) is 3.28. The van der Waals surface area contributed by atoms with E-state index in [1.54, 1.807) is 6.07 Å². The largest absolute Gasteiger partial charge is 0.417 e. The van der Waals surface area contributed by atoms with Crippen LogP contribution in [0, 0.1) is 24.1 Å². The van der Waals surface area contributed by atoms with Crippen molar-refractivity contribution in [2.45, 2.75) is 24.7 Å². The number of alkyl halides is 3. The van der Waals surface area contributed by atoms with Crippen LogP contribution in [0.15, 0.2) is 35.4 Å². The summed E-state index contributed by atoms with van der Waals surface area (Å²) >= 11 is 0.749. The van der Waals surface area contributed by atoms with Crippen molar-refractivity contribution in [3.05, 3.63) is 58.5 Å². The fourth-order valence-electron chi connectivity index (χ4n) is 2.29. The second kappa shape index (κ2) is 8.39. The number of amides is 1. The van der Waals surface area contributed by atoms with Crippen molar-refractivity contribution in [2.75, 3.05) is 12.8 Å². The van der Waals surface area contributed by atoms with Crippen LogP contribution >= 0.6 is 11.8 Å². The minimum absolute atomic E-state index is 0.0201. The maximum Gasteiger partial charge on any atom is 0.417 e. The second-order valence-electron chi connectivity index (χ2n) is 5.73. The number of thioether (sulfide) groups is 1. The maximum absolute atomic E-state index is 13.7. The van der Waals surface area contributed by atoms with Crippen LogP contribution in [0.2, 0.25) is 0 Å². The molecule has 0 bridgehead atoms. The van der Waals surface area contributed by atoms with Crippen LogP contribution in [0.5, 0.6) is 0 Å². The van der Waals surface area contributed by atoms with Gasteiger partial charge >= 0.3 is 6.18 Å². The molecule has 0 saturated carbocycles. The van der Waals surface area contributed by atoms with Crippen molar-refractivity contribution < 1.29 is 22.4 Å². The molecule has 1 heterocycles. The van der Waals surface area contributed by atoms with Gasteiger partial charge in [-0.15, -0.1) is 0 Å². The summed E-state index contributed by atoms with van der Waals surface area (Å²) in [6.07, 6.45) is -4.69. The van der Waals surface area contributed by atoms with Gasteiger partial charge in [-0.1, -0.05) is 30.0 Å². The Morgan fingerprint density at radius 3 is 2.59 bits per heavy atom. The molecule has 0 aliphatic carbocycles. The highest BCUT2D eigenvalue weighted by atomic mass is 32.2. The first-order chi connectivity index (χ1) is 12.6. The summed E-state index contributed by atoms with van der Waals surface area (Å²) in [4.78, 5) is 17.5. The van der Waals surface area contributed by atoms with Crippen molar-refractivity contribution >= 4 is 17.7 Å². The van der Waals surface area contributed by atoms with Crippen molar-refractivity contribution in [1.82, 2.24) is 9.88 Å². The molecule has 0 saturated heterocycles. The van der Waals surface area contributed by atoms with E-state index in [0.717, 1.165) is 17.8 Å².